The quantitative estimate of drug-likeness (QED) is 0.429. The van der Waals surface area contributed by atoms with Crippen molar-refractivity contribution in [3.05, 3.63) is 93.0 Å². The van der Waals surface area contributed by atoms with Crippen LogP contribution < -0.4 is 10.6 Å². The molecule has 0 saturated heterocycles. The Balaban J connectivity index is 1.62. The fourth-order valence-electron chi connectivity index (χ4n) is 3.66. The van der Waals surface area contributed by atoms with E-state index < -0.39 is 23.7 Å². The maximum atomic E-state index is 13.6. The number of fused-ring (bicyclic) bond motifs is 1. The Bertz CT molecular complexity index is 1270. The second-order valence-corrected chi connectivity index (χ2v) is 8.37. The Morgan fingerprint density at radius 3 is 2.29 bits per heavy atom. The van der Waals surface area contributed by atoms with Crippen LogP contribution in [-0.2, 0) is 4.74 Å². The SMILES string of the molecule is COCCN1C(=O)c2cc(C(=O)Nc3ccc(F)c(Cl)c3)ccc2[C@@H]1Nc1ccc(F)c(Cl)c1. The van der Waals surface area contributed by atoms with Crippen LogP contribution >= 0.6 is 23.2 Å². The molecule has 4 rings (SSSR count). The monoisotopic (exact) mass is 505 g/mol. The first kappa shape index (κ1) is 23.9. The van der Waals surface area contributed by atoms with E-state index >= 15 is 0 Å². The van der Waals surface area contributed by atoms with Gasteiger partial charge in [0.15, 0.2) is 0 Å². The van der Waals surface area contributed by atoms with Crippen LogP contribution in [0.4, 0.5) is 20.2 Å². The number of hydrogen-bond donors (Lipinski definition) is 2. The zero-order valence-corrected chi connectivity index (χ0v) is 19.4. The molecule has 1 aliphatic heterocycles. The van der Waals surface area contributed by atoms with Gasteiger partial charge in [0, 0.05) is 41.7 Å². The number of carbonyl (C=O) groups is 2. The number of halogens is 4. The average Bonchev–Trinajstić information content (AvgIpc) is 3.07. The van der Waals surface area contributed by atoms with Crippen molar-refractivity contribution in [2.24, 2.45) is 0 Å². The van der Waals surface area contributed by atoms with E-state index in [2.05, 4.69) is 10.6 Å². The van der Waals surface area contributed by atoms with E-state index in [1.165, 1.54) is 43.5 Å². The van der Waals surface area contributed by atoms with Crippen LogP contribution in [0.5, 0.6) is 0 Å². The molecule has 0 radical (unpaired) electrons. The van der Waals surface area contributed by atoms with Gasteiger partial charge in [-0.15, -0.1) is 0 Å². The summed E-state index contributed by atoms with van der Waals surface area (Å²) in [6, 6.07) is 12.8. The van der Waals surface area contributed by atoms with E-state index in [0.29, 0.717) is 29.1 Å². The van der Waals surface area contributed by atoms with Crippen molar-refractivity contribution in [3.63, 3.8) is 0 Å². The van der Waals surface area contributed by atoms with Crippen LogP contribution in [0.3, 0.4) is 0 Å². The number of carbonyl (C=O) groups excluding carboxylic acids is 2. The molecule has 2 amide bonds. The molecule has 0 fully saturated rings. The highest BCUT2D eigenvalue weighted by atomic mass is 35.5. The number of anilines is 2. The molecule has 1 heterocycles. The minimum absolute atomic E-state index is 0.0501. The lowest BCUT2D eigenvalue weighted by molar-refractivity contribution is 0.0674. The minimum Gasteiger partial charge on any atom is -0.383 e. The summed E-state index contributed by atoms with van der Waals surface area (Å²) >= 11 is 11.7. The fourth-order valence-corrected chi connectivity index (χ4v) is 4.02. The normalized spacial score (nSPS) is 14.8. The number of hydrogen-bond acceptors (Lipinski definition) is 4. The number of nitrogens with zero attached hydrogens (tertiary/aromatic N) is 1. The largest absolute Gasteiger partial charge is 0.383 e. The van der Waals surface area contributed by atoms with E-state index in [1.807, 2.05) is 0 Å². The Morgan fingerprint density at radius 1 is 1.00 bits per heavy atom. The van der Waals surface area contributed by atoms with E-state index in [4.69, 9.17) is 27.9 Å². The lowest BCUT2D eigenvalue weighted by Gasteiger charge is -2.27. The van der Waals surface area contributed by atoms with Gasteiger partial charge in [0.05, 0.1) is 16.7 Å². The smallest absolute Gasteiger partial charge is 0.256 e. The third-order valence-corrected chi connectivity index (χ3v) is 5.93. The topological polar surface area (TPSA) is 70.7 Å². The average molecular weight is 506 g/mol. The first-order valence-corrected chi connectivity index (χ1v) is 11.0. The maximum absolute atomic E-state index is 13.6. The van der Waals surface area contributed by atoms with Crippen LogP contribution in [0, 0.1) is 11.6 Å². The lowest BCUT2D eigenvalue weighted by Crippen LogP contribution is -2.35. The molecule has 1 aliphatic rings. The molecule has 176 valence electrons. The third-order valence-electron chi connectivity index (χ3n) is 5.35. The van der Waals surface area contributed by atoms with Crippen LogP contribution in [-0.4, -0.2) is 37.0 Å². The van der Waals surface area contributed by atoms with Gasteiger partial charge < -0.3 is 20.3 Å². The van der Waals surface area contributed by atoms with Crippen molar-refractivity contribution >= 4 is 46.4 Å². The van der Waals surface area contributed by atoms with Crippen molar-refractivity contribution in [1.82, 2.24) is 4.90 Å². The van der Waals surface area contributed by atoms with Gasteiger partial charge in [0.2, 0.25) is 0 Å². The number of benzene rings is 3. The van der Waals surface area contributed by atoms with Crippen LogP contribution in [0.2, 0.25) is 10.0 Å². The first-order chi connectivity index (χ1) is 16.3. The highest BCUT2D eigenvalue weighted by Crippen LogP contribution is 2.35. The summed E-state index contributed by atoms with van der Waals surface area (Å²) in [5, 5.41) is 5.67. The number of ether oxygens (including phenoxy) is 1. The second kappa shape index (κ2) is 9.97. The van der Waals surface area contributed by atoms with E-state index in [9.17, 15) is 18.4 Å². The van der Waals surface area contributed by atoms with Crippen LogP contribution in [0.15, 0.2) is 54.6 Å². The summed E-state index contributed by atoms with van der Waals surface area (Å²) in [4.78, 5) is 27.5. The zero-order valence-electron chi connectivity index (χ0n) is 17.9. The molecule has 0 spiro atoms. The van der Waals surface area contributed by atoms with Crippen LogP contribution in [0.1, 0.15) is 32.4 Å². The Morgan fingerprint density at radius 2 is 1.65 bits per heavy atom. The molecule has 0 bridgehead atoms. The Kier molecular flexibility index (Phi) is 7.02. The molecule has 1 atom stereocenters. The molecule has 10 heteroatoms. The van der Waals surface area contributed by atoms with Gasteiger partial charge in [-0.2, -0.15) is 0 Å². The van der Waals surface area contributed by atoms with Gasteiger partial charge in [-0.05, 0) is 48.5 Å². The van der Waals surface area contributed by atoms with Gasteiger partial charge in [-0.3, -0.25) is 9.59 Å². The van der Waals surface area contributed by atoms with Crippen molar-refractivity contribution in [2.75, 3.05) is 30.9 Å². The number of nitrogens with one attached hydrogen (secondary N) is 2. The van der Waals surface area contributed by atoms with Crippen molar-refractivity contribution in [2.45, 2.75) is 6.17 Å². The molecular weight excluding hydrogens is 487 g/mol. The summed E-state index contributed by atoms with van der Waals surface area (Å²) < 4.78 is 32.1. The van der Waals surface area contributed by atoms with E-state index in [1.54, 1.807) is 17.0 Å². The summed E-state index contributed by atoms with van der Waals surface area (Å²) in [6.45, 7) is 0.576. The Hall–Kier alpha value is -3.20. The first-order valence-electron chi connectivity index (χ1n) is 10.2. The molecule has 0 unspecified atom stereocenters. The fraction of sp³-hybridized carbons (Fsp3) is 0.167. The number of methoxy groups -OCH3 is 1. The number of rotatable bonds is 7. The van der Waals surface area contributed by atoms with Gasteiger partial charge in [-0.1, -0.05) is 29.3 Å². The highest BCUT2D eigenvalue weighted by molar-refractivity contribution is 6.31. The summed E-state index contributed by atoms with van der Waals surface area (Å²) in [5.41, 5.74) is 2.06. The standard InChI is InChI=1S/C24H19Cl2F2N3O3/c1-34-9-8-31-22(29-14-3-6-20(27)18(25)11-14)16-5-2-13(10-17(16)24(31)33)23(32)30-15-4-7-21(28)19(26)12-15/h2-7,10-12,22,29H,8-9H2,1H3,(H,30,32)/t22-/m1/s1. The van der Waals surface area contributed by atoms with Gasteiger partial charge >= 0.3 is 0 Å². The predicted octanol–water partition coefficient (Wildman–Crippen LogP) is 5.74. The zero-order chi connectivity index (χ0) is 24.4. The molecule has 2 N–H and O–H groups in total. The van der Waals surface area contributed by atoms with E-state index in [-0.39, 0.29) is 28.1 Å². The molecule has 0 aliphatic carbocycles. The number of amides is 2. The van der Waals surface area contributed by atoms with Crippen molar-refractivity contribution in [3.8, 4) is 0 Å². The second-order valence-electron chi connectivity index (χ2n) is 7.55. The molecular formula is C24H19Cl2F2N3O3. The molecule has 0 aromatic heterocycles. The van der Waals surface area contributed by atoms with Gasteiger partial charge in [0.1, 0.15) is 17.8 Å². The molecule has 3 aromatic carbocycles. The molecule has 34 heavy (non-hydrogen) atoms. The highest BCUT2D eigenvalue weighted by Gasteiger charge is 2.37. The van der Waals surface area contributed by atoms with Gasteiger partial charge in [-0.25, -0.2) is 8.78 Å². The van der Waals surface area contributed by atoms with Crippen molar-refractivity contribution in [1.29, 1.82) is 0 Å². The summed E-state index contributed by atoms with van der Waals surface area (Å²) in [6.07, 6.45) is -0.577. The van der Waals surface area contributed by atoms with Crippen LogP contribution in [0.25, 0.3) is 0 Å². The van der Waals surface area contributed by atoms with Gasteiger partial charge in [0.25, 0.3) is 11.8 Å². The minimum atomic E-state index is -0.597. The lowest BCUT2D eigenvalue weighted by atomic mass is 10.0. The molecule has 6 nitrogen and oxygen atoms in total. The maximum Gasteiger partial charge on any atom is 0.256 e. The molecule has 3 aromatic rings. The Labute approximate surface area is 204 Å². The molecule has 0 saturated carbocycles. The summed E-state index contributed by atoms with van der Waals surface area (Å²) in [7, 11) is 1.53. The van der Waals surface area contributed by atoms with E-state index in [0.717, 1.165) is 6.07 Å². The summed E-state index contributed by atoms with van der Waals surface area (Å²) in [5.74, 6) is -1.93. The third kappa shape index (κ3) is 4.84. The predicted molar refractivity (Wildman–Crippen MR) is 126 cm³/mol. The van der Waals surface area contributed by atoms with Crippen molar-refractivity contribution < 1.29 is 23.1 Å².